The Morgan fingerprint density at radius 2 is 0.627 bits per heavy atom. The van der Waals surface area contributed by atoms with Gasteiger partial charge in [-0.3, -0.25) is 0 Å². The molecule has 0 heterocycles. The summed E-state index contributed by atoms with van der Waals surface area (Å²) in [5, 5.41) is 17.5. The molecule has 272 valence electrons. The van der Waals surface area contributed by atoms with E-state index in [4.69, 9.17) is 9.47 Å². The Morgan fingerprint density at radius 3 is 0.941 bits per heavy atom. The van der Waals surface area contributed by atoms with Crippen LogP contribution >= 0.6 is 0 Å². The summed E-state index contributed by atoms with van der Waals surface area (Å²) in [6.45, 7) is 5.98. The molecule has 0 bridgehead atoms. The Hall–Kier alpha value is -4.32. The van der Waals surface area contributed by atoms with E-state index in [1.807, 2.05) is 72.8 Å². The topological polar surface area (TPSA) is 67.9 Å². The van der Waals surface area contributed by atoms with Gasteiger partial charge in [-0.2, -0.15) is 20.5 Å². The van der Waals surface area contributed by atoms with Crippen molar-refractivity contribution in [2.24, 2.45) is 20.5 Å². The Morgan fingerprint density at radius 1 is 0.333 bits per heavy atom. The Bertz CT molecular complexity index is 1400. The van der Waals surface area contributed by atoms with E-state index in [2.05, 4.69) is 58.6 Å². The van der Waals surface area contributed by atoms with Crippen molar-refractivity contribution in [3.8, 4) is 11.5 Å². The lowest BCUT2D eigenvalue weighted by molar-refractivity contribution is 0.302. The van der Waals surface area contributed by atoms with E-state index in [1.54, 1.807) is 0 Å². The fraction of sp³-hybridized carbons (Fsp3) is 0.467. The van der Waals surface area contributed by atoms with Crippen LogP contribution in [0.1, 0.15) is 121 Å². The number of benzene rings is 4. The van der Waals surface area contributed by atoms with E-state index >= 15 is 0 Å². The first kappa shape index (κ1) is 39.5. The van der Waals surface area contributed by atoms with Gasteiger partial charge < -0.3 is 9.47 Å². The Labute approximate surface area is 307 Å². The van der Waals surface area contributed by atoms with Crippen LogP contribution in [0.5, 0.6) is 11.5 Å². The van der Waals surface area contributed by atoms with E-state index in [-0.39, 0.29) is 0 Å². The smallest absolute Gasteiger partial charge is 0.119 e. The molecule has 0 N–H and O–H groups in total. The van der Waals surface area contributed by atoms with Crippen LogP contribution in [0, 0.1) is 0 Å². The molecule has 0 saturated carbocycles. The molecule has 4 aromatic rings. The van der Waals surface area contributed by atoms with Crippen LogP contribution in [-0.2, 0) is 12.8 Å². The average Bonchev–Trinajstić information content (AvgIpc) is 3.17. The first-order valence-electron chi connectivity index (χ1n) is 19.7. The molecular weight excluding hydrogens is 629 g/mol. The third-order valence-electron chi connectivity index (χ3n) is 9.07. The molecule has 0 spiro atoms. The molecule has 0 aromatic heterocycles. The van der Waals surface area contributed by atoms with Crippen LogP contribution in [0.15, 0.2) is 118 Å². The first-order valence-corrected chi connectivity index (χ1v) is 19.7. The summed E-state index contributed by atoms with van der Waals surface area (Å²) in [4.78, 5) is 0. The van der Waals surface area contributed by atoms with E-state index < -0.39 is 0 Å². The number of nitrogens with zero attached hydrogens (tertiary/aromatic N) is 4. The van der Waals surface area contributed by atoms with Gasteiger partial charge in [-0.05, 0) is 122 Å². The number of hydrogen-bond donors (Lipinski definition) is 0. The van der Waals surface area contributed by atoms with Gasteiger partial charge in [0.1, 0.15) is 11.5 Å². The van der Waals surface area contributed by atoms with Gasteiger partial charge in [0.05, 0.1) is 36.0 Å². The van der Waals surface area contributed by atoms with Crippen LogP contribution in [0.4, 0.5) is 22.7 Å². The number of aryl methyl sites for hydroxylation is 2. The maximum absolute atomic E-state index is 5.95. The molecule has 0 amide bonds. The van der Waals surface area contributed by atoms with Crippen LogP contribution < -0.4 is 9.47 Å². The van der Waals surface area contributed by atoms with Crippen LogP contribution in [0.25, 0.3) is 0 Å². The highest BCUT2D eigenvalue weighted by molar-refractivity contribution is 5.44. The minimum atomic E-state index is 0.756. The molecule has 0 aliphatic rings. The van der Waals surface area contributed by atoms with Crippen LogP contribution in [-0.4, -0.2) is 13.2 Å². The summed E-state index contributed by atoms with van der Waals surface area (Å²) < 4.78 is 11.9. The third kappa shape index (κ3) is 17.0. The van der Waals surface area contributed by atoms with Crippen molar-refractivity contribution in [3.63, 3.8) is 0 Å². The minimum Gasteiger partial charge on any atom is -0.494 e. The fourth-order valence-corrected chi connectivity index (χ4v) is 5.89. The number of ether oxygens (including phenoxy) is 2. The second kappa shape index (κ2) is 24.8. The normalized spacial score (nSPS) is 11.5. The van der Waals surface area contributed by atoms with Gasteiger partial charge in [0.2, 0.25) is 0 Å². The monoisotopic (exact) mass is 688 g/mol. The van der Waals surface area contributed by atoms with Gasteiger partial charge in [-0.15, -0.1) is 0 Å². The molecule has 6 nitrogen and oxygen atoms in total. The number of hydrogen-bond acceptors (Lipinski definition) is 6. The molecule has 4 rings (SSSR count). The quantitative estimate of drug-likeness (QED) is 0.0487. The summed E-state index contributed by atoms with van der Waals surface area (Å²) in [6, 6.07) is 32.6. The molecule has 0 radical (unpaired) electrons. The molecule has 0 atom stereocenters. The summed E-state index contributed by atoms with van der Waals surface area (Å²) in [7, 11) is 0. The highest BCUT2D eigenvalue weighted by Gasteiger charge is 2.00. The zero-order chi connectivity index (χ0) is 35.6. The van der Waals surface area contributed by atoms with Crippen molar-refractivity contribution < 1.29 is 9.47 Å². The second-order valence-corrected chi connectivity index (χ2v) is 13.5. The number of unbranched alkanes of at least 4 members (excludes halogenated alkanes) is 12. The predicted octanol–water partition coefficient (Wildman–Crippen LogP) is 15.0. The Kier molecular flexibility index (Phi) is 19.2. The fourth-order valence-electron chi connectivity index (χ4n) is 5.89. The Balaban J connectivity index is 0.954. The van der Waals surface area contributed by atoms with E-state index in [0.29, 0.717) is 0 Å². The predicted molar refractivity (Wildman–Crippen MR) is 213 cm³/mol. The van der Waals surface area contributed by atoms with Gasteiger partial charge in [-0.1, -0.05) is 109 Å². The van der Waals surface area contributed by atoms with E-state index in [0.717, 1.165) is 73.1 Å². The molecule has 0 aliphatic heterocycles. The van der Waals surface area contributed by atoms with E-state index in [9.17, 15) is 0 Å². The van der Waals surface area contributed by atoms with Gasteiger partial charge in [-0.25, -0.2) is 0 Å². The SMILES string of the molecule is CCCCCc1ccc(N=Nc2ccc(OCCCCCCCCCCCOc3ccc(N=Nc4ccc(CCCCC)cc4)cc3)cc2)cc1. The summed E-state index contributed by atoms with van der Waals surface area (Å²) in [5.41, 5.74) is 6.17. The van der Waals surface area contributed by atoms with Gasteiger partial charge in [0, 0.05) is 0 Å². The van der Waals surface area contributed by atoms with Crippen molar-refractivity contribution in [1.29, 1.82) is 0 Å². The van der Waals surface area contributed by atoms with Crippen molar-refractivity contribution in [3.05, 3.63) is 108 Å². The lowest BCUT2D eigenvalue weighted by Crippen LogP contribution is -1.97. The number of rotatable bonds is 26. The second-order valence-electron chi connectivity index (χ2n) is 13.5. The van der Waals surface area contributed by atoms with Gasteiger partial charge >= 0.3 is 0 Å². The van der Waals surface area contributed by atoms with Crippen LogP contribution in [0.2, 0.25) is 0 Å². The third-order valence-corrected chi connectivity index (χ3v) is 9.07. The number of azo groups is 2. The minimum absolute atomic E-state index is 0.756. The maximum atomic E-state index is 5.95. The lowest BCUT2D eigenvalue weighted by atomic mass is 10.1. The molecule has 0 fully saturated rings. The summed E-state index contributed by atoms with van der Waals surface area (Å²) in [5.74, 6) is 1.78. The van der Waals surface area contributed by atoms with Crippen molar-refractivity contribution in [1.82, 2.24) is 0 Å². The lowest BCUT2D eigenvalue weighted by Gasteiger charge is -2.07. The zero-order valence-electron chi connectivity index (χ0n) is 31.3. The van der Waals surface area contributed by atoms with Crippen molar-refractivity contribution in [2.45, 2.75) is 123 Å². The van der Waals surface area contributed by atoms with Gasteiger partial charge in [0.15, 0.2) is 0 Å². The molecule has 4 aromatic carbocycles. The molecule has 6 heteroatoms. The molecule has 0 aliphatic carbocycles. The summed E-state index contributed by atoms with van der Waals surface area (Å²) >= 11 is 0. The zero-order valence-corrected chi connectivity index (χ0v) is 31.3. The standard InChI is InChI=1S/C45H60N4O2/c1-3-5-14-18-38-20-24-40(25-21-38)46-48-42-28-32-44(33-29-42)50-36-16-12-10-8-7-9-11-13-17-37-51-45-34-30-43(31-35-45)49-47-41-26-22-39(23-27-41)19-15-6-4-2/h20-35H,3-19,36-37H2,1-2H3. The molecule has 0 unspecified atom stereocenters. The molecule has 0 saturated heterocycles. The highest BCUT2D eigenvalue weighted by atomic mass is 16.5. The molecular formula is C45H60N4O2. The highest BCUT2D eigenvalue weighted by Crippen LogP contribution is 2.24. The van der Waals surface area contributed by atoms with Gasteiger partial charge in [0.25, 0.3) is 0 Å². The largest absolute Gasteiger partial charge is 0.494 e. The van der Waals surface area contributed by atoms with Crippen molar-refractivity contribution >= 4 is 22.7 Å². The first-order chi connectivity index (χ1) is 25.2. The van der Waals surface area contributed by atoms with Crippen LogP contribution in [0.3, 0.4) is 0 Å². The van der Waals surface area contributed by atoms with E-state index in [1.165, 1.54) is 94.6 Å². The maximum Gasteiger partial charge on any atom is 0.119 e. The average molecular weight is 689 g/mol. The summed E-state index contributed by atoms with van der Waals surface area (Å²) in [6.07, 6.45) is 20.9. The van der Waals surface area contributed by atoms with Crippen molar-refractivity contribution in [2.75, 3.05) is 13.2 Å². The molecule has 51 heavy (non-hydrogen) atoms.